The minimum absolute atomic E-state index is 0.604. The largest absolute Gasteiger partial charge is 0.382 e. The Balaban J connectivity index is 2.18. The second-order valence-electron chi connectivity index (χ2n) is 4.09. The van der Waals surface area contributed by atoms with Gasteiger partial charge in [0, 0.05) is 31.2 Å². The molecule has 84 valence electrons. The minimum Gasteiger partial charge on any atom is -0.382 e. The van der Waals surface area contributed by atoms with Gasteiger partial charge in [-0.05, 0) is 24.5 Å². The minimum atomic E-state index is 0.604. The Hall–Kier alpha value is -1.09. The van der Waals surface area contributed by atoms with Crippen molar-refractivity contribution >= 4 is 5.69 Å². The number of nitrogens with zero attached hydrogens (tertiary/aromatic N) is 1. The highest BCUT2D eigenvalue weighted by atomic mass is 16.5. The average molecular weight is 208 g/mol. The van der Waals surface area contributed by atoms with E-state index in [2.05, 4.69) is 24.1 Å². The van der Waals surface area contributed by atoms with Gasteiger partial charge in [-0.1, -0.05) is 13.8 Å². The molecule has 0 radical (unpaired) electrons. The molecule has 1 aromatic heterocycles. The summed E-state index contributed by atoms with van der Waals surface area (Å²) < 4.78 is 5.48. The zero-order chi connectivity index (χ0) is 11.1. The van der Waals surface area contributed by atoms with E-state index in [1.165, 1.54) is 5.56 Å². The van der Waals surface area contributed by atoms with Crippen LogP contribution in [0.25, 0.3) is 0 Å². The van der Waals surface area contributed by atoms with Crippen molar-refractivity contribution < 1.29 is 4.74 Å². The molecule has 0 fully saturated rings. The number of hydrogen-bond donors (Lipinski definition) is 1. The van der Waals surface area contributed by atoms with E-state index in [1.54, 1.807) is 6.20 Å². The van der Waals surface area contributed by atoms with Crippen molar-refractivity contribution in [3.63, 3.8) is 0 Å². The number of hydrogen-bond acceptors (Lipinski definition) is 3. The number of ether oxygens (including phenoxy) is 1. The van der Waals surface area contributed by atoms with Crippen LogP contribution in [-0.2, 0) is 4.74 Å². The number of rotatable bonds is 6. The molecule has 1 heterocycles. The average Bonchev–Trinajstić information content (AvgIpc) is 2.20. The maximum atomic E-state index is 5.48. The molecular weight excluding hydrogens is 188 g/mol. The van der Waals surface area contributed by atoms with Gasteiger partial charge in [0.1, 0.15) is 0 Å². The van der Waals surface area contributed by atoms with Crippen molar-refractivity contribution in [3.05, 3.63) is 24.0 Å². The van der Waals surface area contributed by atoms with E-state index in [0.717, 1.165) is 25.4 Å². The van der Waals surface area contributed by atoms with E-state index >= 15 is 0 Å². The van der Waals surface area contributed by atoms with Crippen LogP contribution in [0.2, 0.25) is 0 Å². The molecule has 0 amide bonds. The first-order valence-electron chi connectivity index (χ1n) is 5.42. The molecule has 0 aliphatic heterocycles. The molecule has 1 N–H and O–H groups in total. The summed E-state index contributed by atoms with van der Waals surface area (Å²) in [5.41, 5.74) is 2.31. The first-order valence-corrected chi connectivity index (χ1v) is 5.42. The van der Waals surface area contributed by atoms with Gasteiger partial charge in [0.2, 0.25) is 0 Å². The van der Waals surface area contributed by atoms with Crippen molar-refractivity contribution in [2.75, 3.05) is 25.1 Å². The number of pyridine rings is 1. The molecule has 0 saturated heterocycles. The van der Waals surface area contributed by atoms with Crippen molar-refractivity contribution in [3.8, 4) is 0 Å². The Labute approximate surface area is 91.9 Å². The molecule has 0 aromatic carbocycles. The van der Waals surface area contributed by atoms with Crippen molar-refractivity contribution in [1.82, 2.24) is 4.98 Å². The quantitative estimate of drug-likeness (QED) is 0.729. The van der Waals surface area contributed by atoms with E-state index in [1.807, 2.05) is 19.2 Å². The van der Waals surface area contributed by atoms with Gasteiger partial charge in [0.15, 0.2) is 0 Å². The fourth-order valence-electron chi connectivity index (χ4n) is 1.25. The molecule has 1 aromatic rings. The Bertz CT molecular complexity index is 287. The van der Waals surface area contributed by atoms with Crippen LogP contribution in [0, 0.1) is 12.8 Å². The molecule has 3 nitrogen and oxygen atoms in total. The predicted molar refractivity (Wildman–Crippen MR) is 63.1 cm³/mol. The molecule has 0 unspecified atom stereocenters. The number of aryl methyl sites for hydroxylation is 1. The second-order valence-corrected chi connectivity index (χ2v) is 4.09. The van der Waals surface area contributed by atoms with Gasteiger partial charge in [-0.15, -0.1) is 0 Å². The zero-order valence-electron chi connectivity index (χ0n) is 9.79. The normalized spacial score (nSPS) is 10.7. The lowest BCUT2D eigenvalue weighted by atomic mass is 10.2. The highest BCUT2D eigenvalue weighted by molar-refractivity contribution is 5.48. The SMILES string of the molecule is Cc1cnccc1NCCOCC(C)C. The maximum Gasteiger partial charge on any atom is 0.0639 e. The van der Waals surface area contributed by atoms with Gasteiger partial charge in [-0.25, -0.2) is 0 Å². The lowest BCUT2D eigenvalue weighted by Gasteiger charge is -2.10. The summed E-state index contributed by atoms with van der Waals surface area (Å²) in [6.45, 7) is 8.78. The van der Waals surface area contributed by atoms with E-state index in [0.29, 0.717) is 5.92 Å². The Morgan fingerprint density at radius 2 is 2.27 bits per heavy atom. The molecule has 0 spiro atoms. The predicted octanol–water partition coefficient (Wildman–Crippen LogP) is 2.47. The van der Waals surface area contributed by atoms with Gasteiger partial charge < -0.3 is 10.1 Å². The lowest BCUT2D eigenvalue weighted by molar-refractivity contribution is 0.118. The first kappa shape index (κ1) is 12.0. The van der Waals surface area contributed by atoms with E-state index < -0.39 is 0 Å². The maximum absolute atomic E-state index is 5.48. The van der Waals surface area contributed by atoms with Crippen LogP contribution in [0.3, 0.4) is 0 Å². The van der Waals surface area contributed by atoms with Gasteiger partial charge in [-0.3, -0.25) is 4.98 Å². The molecule has 1 rings (SSSR count). The summed E-state index contributed by atoms with van der Waals surface area (Å²) in [6.07, 6.45) is 3.65. The van der Waals surface area contributed by atoms with Crippen LogP contribution in [-0.4, -0.2) is 24.7 Å². The Morgan fingerprint density at radius 3 is 2.93 bits per heavy atom. The summed E-state index contributed by atoms with van der Waals surface area (Å²) >= 11 is 0. The number of nitrogens with one attached hydrogen (secondary N) is 1. The summed E-state index contributed by atoms with van der Waals surface area (Å²) in [6, 6.07) is 1.98. The van der Waals surface area contributed by atoms with Gasteiger partial charge in [-0.2, -0.15) is 0 Å². The van der Waals surface area contributed by atoms with Crippen LogP contribution in [0.1, 0.15) is 19.4 Å². The van der Waals surface area contributed by atoms with Gasteiger partial charge >= 0.3 is 0 Å². The second kappa shape index (κ2) is 6.40. The molecule has 0 bridgehead atoms. The molecule has 0 aliphatic carbocycles. The van der Waals surface area contributed by atoms with Gasteiger partial charge in [0.25, 0.3) is 0 Å². The fourth-order valence-corrected chi connectivity index (χ4v) is 1.25. The Kier molecular flexibility index (Phi) is 5.12. The summed E-state index contributed by atoms with van der Waals surface area (Å²) in [5, 5.41) is 3.32. The number of aromatic nitrogens is 1. The zero-order valence-corrected chi connectivity index (χ0v) is 9.79. The highest BCUT2D eigenvalue weighted by Gasteiger charge is 1.96. The van der Waals surface area contributed by atoms with Crippen molar-refractivity contribution in [1.29, 1.82) is 0 Å². The molecule has 15 heavy (non-hydrogen) atoms. The smallest absolute Gasteiger partial charge is 0.0639 e. The first-order chi connectivity index (χ1) is 7.20. The monoisotopic (exact) mass is 208 g/mol. The van der Waals surface area contributed by atoms with Crippen LogP contribution >= 0.6 is 0 Å². The molecule has 3 heteroatoms. The lowest BCUT2D eigenvalue weighted by Crippen LogP contribution is -2.12. The molecule has 0 aliphatic rings. The fraction of sp³-hybridized carbons (Fsp3) is 0.583. The van der Waals surface area contributed by atoms with Crippen LogP contribution < -0.4 is 5.32 Å². The molecule has 0 atom stereocenters. The van der Waals surface area contributed by atoms with Gasteiger partial charge in [0.05, 0.1) is 6.61 Å². The van der Waals surface area contributed by atoms with Crippen LogP contribution in [0.15, 0.2) is 18.5 Å². The van der Waals surface area contributed by atoms with Crippen LogP contribution in [0.5, 0.6) is 0 Å². The summed E-state index contributed by atoms with van der Waals surface area (Å²) in [7, 11) is 0. The topological polar surface area (TPSA) is 34.2 Å². The van der Waals surface area contributed by atoms with E-state index in [4.69, 9.17) is 4.74 Å². The number of anilines is 1. The summed E-state index contributed by atoms with van der Waals surface area (Å²) in [5.74, 6) is 0.604. The Morgan fingerprint density at radius 1 is 1.47 bits per heavy atom. The van der Waals surface area contributed by atoms with E-state index in [-0.39, 0.29) is 0 Å². The third-order valence-electron chi connectivity index (χ3n) is 2.03. The molecule has 0 saturated carbocycles. The van der Waals surface area contributed by atoms with Crippen molar-refractivity contribution in [2.45, 2.75) is 20.8 Å². The van der Waals surface area contributed by atoms with Crippen molar-refractivity contribution in [2.24, 2.45) is 5.92 Å². The van der Waals surface area contributed by atoms with E-state index in [9.17, 15) is 0 Å². The van der Waals surface area contributed by atoms with Crippen LogP contribution in [0.4, 0.5) is 5.69 Å². The summed E-state index contributed by atoms with van der Waals surface area (Å²) in [4.78, 5) is 4.04. The molecular formula is C12H20N2O. The highest BCUT2D eigenvalue weighted by Crippen LogP contribution is 2.10. The third kappa shape index (κ3) is 4.79. The third-order valence-corrected chi connectivity index (χ3v) is 2.03. The standard InChI is InChI=1S/C12H20N2O/c1-10(2)9-15-7-6-14-12-4-5-13-8-11(12)3/h4-5,8,10H,6-7,9H2,1-3H3,(H,13,14).